The Bertz CT molecular complexity index is 3860. The summed E-state index contributed by atoms with van der Waals surface area (Å²) in [5.41, 5.74) is -11.1. The van der Waals surface area contributed by atoms with Gasteiger partial charge in [-0.05, 0) is 90.8 Å². The average molecular weight is 1140 g/mol. The number of carbonyl (C=O) groups is 4. The van der Waals surface area contributed by atoms with Gasteiger partial charge >= 0.3 is 12.4 Å². The monoisotopic (exact) mass is 1140 g/mol. The summed E-state index contributed by atoms with van der Waals surface area (Å²) in [5, 5.41) is 8.93. The van der Waals surface area contributed by atoms with E-state index in [-0.39, 0.29) is 51.0 Å². The second-order valence-electron chi connectivity index (χ2n) is 17.5. The van der Waals surface area contributed by atoms with Gasteiger partial charge in [-0.2, -0.15) is 26.3 Å². The molecular formula is C48H27Cl2F10N5O9S2. The molecule has 14 nitrogen and oxygen atoms in total. The molecule has 76 heavy (non-hydrogen) atoms. The highest BCUT2D eigenvalue weighted by Gasteiger charge is 2.47. The van der Waals surface area contributed by atoms with Crippen LogP contribution in [0.1, 0.15) is 104 Å². The molecule has 4 heterocycles. The molecule has 394 valence electrons. The van der Waals surface area contributed by atoms with Gasteiger partial charge < -0.3 is 26.0 Å². The van der Waals surface area contributed by atoms with Crippen molar-refractivity contribution < 1.29 is 84.7 Å². The Labute approximate surface area is 430 Å². The third kappa shape index (κ3) is 9.03. The summed E-state index contributed by atoms with van der Waals surface area (Å²) in [6.45, 7) is -0.421. The molecule has 6 aromatic carbocycles. The third-order valence-electron chi connectivity index (χ3n) is 12.8. The van der Waals surface area contributed by atoms with Gasteiger partial charge in [0, 0.05) is 60.4 Å². The number of hydrogen-bond acceptors (Lipinski definition) is 9. The number of sulfonamides is 1. The fourth-order valence-corrected chi connectivity index (χ4v) is 12.8. The Hall–Kier alpha value is -7.26. The molecule has 28 heteroatoms. The van der Waals surface area contributed by atoms with Gasteiger partial charge in [0.25, 0.3) is 23.6 Å². The number of anilines is 2. The zero-order valence-electron chi connectivity index (χ0n) is 37.4. The molecule has 0 saturated heterocycles. The molecule has 0 fully saturated rings. The van der Waals surface area contributed by atoms with E-state index in [9.17, 15) is 62.4 Å². The van der Waals surface area contributed by atoms with E-state index in [0.29, 0.717) is 12.1 Å². The molecule has 0 radical (unpaired) electrons. The number of nitrogens with one attached hydrogen (secondary N) is 5. The SMILES string of the molecule is O=C(Nc1cc2c(c3c1C(c1cc(F)ccc1Cl)NC3=O)CC(c1c(F)cc(C(=O)Nc3cc4c(c5c3C(c3cc(F)ccc3Cl)NC5=O)OCCS4(=O)=O)cc1C(F)(F)F)NS2(=O)=O)c1cc(F)cc(C(F)(F)F)c1. The van der Waals surface area contributed by atoms with Crippen LogP contribution in [0.4, 0.5) is 55.3 Å². The predicted molar refractivity (Wildman–Crippen MR) is 247 cm³/mol. The summed E-state index contributed by atoms with van der Waals surface area (Å²) >= 11 is 12.7. The molecule has 4 aliphatic heterocycles. The van der Waals surface area contributed by atoms with Gasteiger partial charge in [0.15, 0.2) is 15.6 Å². The van der Waals surface area contributed by atoms with E-state index in [1.165, 1.54) is 0 Å². The van der Waals surface area contributed by atoms with Crippen molar-refractivity contribution in [2.75, 3.05) is 23.0 Å². The fourth-order valence-electron chi connectivity index (χ4n) is 9.60. The molecule has 0 aliphatic carbocycles. The van der Waals surface area contributed by atoms with Crippen molar-refractivity contribution in [3.63, 3.8) is 0 Å². The van der Waals surface area contributed by atoms with Crippen molar-refractivity contribution in [3.8, 4) is 5.75 Å². The quantitative estimate of drug-likeness (QED) is 0.0964. The van der Waals surface area contributed by atoms with Crippen molar-refractivity contribution >= 4 is 78.1 Å². The molecule has 0 aromatic heterocycles. The number of benzene rings is 6. The number of ether oxygens (including phenoxy) is 1. The summed E-state index contributed by atoms with van der Waals surface area (Å²) in [6, 6.07) is 3.12. The van der Waals surface area contributed by atoms with Crippen LogP contribution < -0.4 is 30.7 Å². The molecule has 3 unspecified atom stereocenters. The number of fused-ring (bicyclic) bond motifs is 6. The predicted octanol–water partition coefficient (Wildman–Crippen LogP) is 9.50. The lowest BCUT2D eigenvalue weighted by molar-refractivity contribution is -0.139. The van der Waals surface area contributed by atoms with E-state index in [1.54, 1.807) is 0 Å². The number of rotatable bonds is 7. The molecule has 10 rings (SSSR count). The van der Waals surface area contributed by atoms with E-state index in [4.69, 9.17) is 27.9 Å². The van der Waals surface area contributed by atoms with Crippen LogP contribution in [0.15, 0.2) is 88.7 Å². The van der Waals surface area contributed by atoms with Crippen molar-refractivity contribution in [2.45, 2.75) is 46.7 Å². The summed E-state index contributed by atoms with van der Waals surface area (Å²) in [6.07, 6.45) is -11.8. The highest BCUT2D eigenvalue weighted by atomic mass is 35.5. The van der Waals surface area contributed by atoms with Gasteiger partial charge in [-0.1, -0.05) is 23.2 Å². The number of sulfone groups is 1. The van der Waals surface area contributed by atoms with Crippen molar-refractivity contribution in [2.24, 2.45) is 0 Å². The van der Waals surface area contributed by atoms with E-state index in [1.807, 2.05) is 4.72 Å². The molecular weight excluding hydrogens is 1120 g/mol. The van der Waals surface area contributed by atoms with Crippen molar-refractivity contribution in [1.82, 2.24) is 15.4 Å². The maximum atomic E-state index is 16.7. The van der Waals surface area contributed by atoms with Gasteiger partial charge in [0.1, 0.15) is 34.8 Å². The molecule has 3 atom stereocenters. The number of alkyl halides is 6. The molecule has 0 spiro atoms. The van der Waals surface area contributed by atoms with Gasteiger partial charge in [-0.15, -0.1) is 0 Å². The first-order valence-electron chi connectivity index (χ1n) is 21.7. The number of hydrogen-bond donors (Lipinski definition) is 5. The maximum absolute atomic E-state index is 16.7. The van der Waals surface area contributed by atoms with Crippen LogP contribution in [0.2, 0.25) is 10.0 Å². The van der Waals surface area contributed by atoms with Gasteiger partial charge in [0.05, 0.1) is 51.0 Å². The van der Waals surface area contributed by atoms with E-state index in [2.05, 4.69) is 21.3 Å². The molecule has 5 N–H and O–H groups in total. The van der Waals surface area contributed by atoms with E-state index in [0.717, 1.165) is 42.5 Å². The summed E-state index contributed by atoms with van der Waals surface area (Å²) in [4.78, 5) is 53.7. The van der Waals surface area contributed by atoms with Crippen molar-refractivity contribution in [3.05, 3.63) is 179 Å². The first-order valence-corrected chi connectivity index (χ1v) is 25.6. The first-order chi connectivity index (χ1) is 35.5. The van der Waals surface area contributed by atoms with Crippen molar-refractivity contribution in [1.29, 1.82) is 0 Å². The largest absolute Gasteiger partial charge is 0.490 e. The highest BCUT2D eigenvalue weighted by molar-refractivity contribution is 7.91. The minimum Gasteiger partial charge on any atom is -0.490 e. The van der Waals surface area contributed by atoms with Crippen LogP contribution in [0, 0.1) is 23.3 Å². The highest BCUT2D eigenvalue weighted by Crippen LogP contribution is 2.50. The standard InChI is InChI=1S/C48H27Cl2F10N5O9S2/c49-27-3-1-20(51)12-23(27)40-37-30(61-43(66)17-7-19(47(55,56)57)11-22(53)8-17)15-33-25(35(37)45(68)63-40)14-32(65-76(33,72)73)36-26(48(58,59)60)9-18(10-29(36)54)44(67)62-31-16-34-42(74-5-6-75(34,70)71)39-38(31)41(64-46(39)69)24-13-21(52)2-4-28(24)50/h1-4,7-13,15-16,32,40-41,65H,5-6,14H2,(H,61,66)(H,62,67)(H,63,68)(H,64,69). The van der Waals surface area contributed by atoms with Gasteiger partial charge in [0.2, 0.25) is 10.0 Å². The van der Waals surface area contributed by atoms with Crippen LogP contribution in [-0.2, 0) is 38.6 Å². The van der Waals surface area contributed by atoms with Gasteiger partial charge in [-0.3, -0.25) is 19.2 Å². The van der Waals surface area contributed by atoms with Crippen LogP contribution in [0.25, 0.3) is 0 Å². The summed E-state index contributed by atoms with van der Waals surface area (Å²) in [7, 11) is -9.52. The van der Waals surface area contributed by atoms with Crippen LogP contribution in [0.5, 0.6) is 5.75 Å². The lowest BCUT2D eigenvalue weighted by atomic mass is 9.87. The zero-order chi connectivity index (χ0) is 54.9. The van der Waals surface area contributed by atoms with E-state index < -0.39 is 193 Å². The molecule has 4 amide bonds. The van der Waals surface area contributed by atoms with Crippen LogP contribution in [0.3, 0.4) is 0 Å². The normalized spacial score (nSPS) is 19.1. The Morgan fingerprint density at radius 2 is 1.17 bits per heavy atom. The second kappa shape index (κ2) is 18.2. The third-order valence-corrected chi connectivity index (χ3v) is 16.7. The molecule has 6 aromatic rings. The molecule has 4 aliphatic rings. The zero-order valence-corrected chi connectivity index (χ0v) is 40.5. The van der Waals surface area contributed by atoms with E-state index >= 15 is 17.6 Å². The topological polar surface area (TPSA) is 206 Å². The van der Waals surface area contributed by atoms with Gasteiger partial charge in [-0.25, -0.2) is 39.1 Å². The summed E-state index contributed by atoms with van der Waals surface area (Å²) < 4.78 is 210. The maximum Gasteiger partial charge on any atom is 0.416 e. The summed E-state index contributed by atoms with van der Waals surface area (Å²) in [5.74, 6) is -11.5. The van der Waals surface area contributed by atoms with Crippen LogP contribution in [-0.4, -0.2) is 52.8 Å². The lowest BCUT2D eigenvalue weighted by Gasteiger charge is -2.30. The first kappa shape index (κ1) is 52.2. The van der Waals surface area contributed by atoms with Crippen LogP contribution >= 0.6 is 23.2 Å². The molecule has 0 bridgehead atoms. The Morgan fingerprint density at radius 3 is 1.74 bits per heavy atom. The average Bonchev–Trinajstić information content (AvgIpc) is 3.99. The number of carbonyl (C=O) groups excluding carboxylic acids is 4. The Kier molecular flexibility index (Phi) is 12.5. The number of amides is 4. The number of halogens is 12. The Balaban J connectivity index is 1.08. The second-order valence-corrected chi connectivity index (χ2v) is 22.0. The minimum atomic E-state index is -5.62. The fraction of sp³-hybridized carbons (Fsp3) is 0.167. The Morgan fingerprint density at radius 1 is 0.632 bits per heavy atom. The lowest BCUT2D eigenvalue weighted by Crippen LogP contribution is -2.38. The molecule has 0 saturated carbocycles. The minimum absolute atomic E-state index is 0.0834. The smallest absolute Gasteiger partial charge is 0.416 e.